The molecule has 1 aliphatic rings. The van der Waals surface area contributed by atoms with Crippen LogP contribution >= 0.6 is 11.6 Å². The van der Waals surface area contributed by atoms with E-state index in [1.807, 2.05) is 0 Å². The Morgan fingerprint density at radius 1 is 1.30 bits per heavy atom. The summed E-state index contributed by atoms with van der Waals surface area (Å²) < 4.78 is 5.25. The standard InChI is InChI=1S/C18H20ClNO7/c1-9-14(17(23)24)15(11-4-2-3-5-12(11)19)16(18(25)26)13(20-9)8-27-7-10(22)6-21/h2-5,10,14-15,21-22H,6-8H2,1H3,(H,23,24)(H,25,26). The van der Waals surface area contributed by atoms with Crippen molar-refractivity contribution in [3.05, 3.63) is 46.1 Å². The summed E-state index contributed by atoms with van der Waals surface area (Å²) in [7, 11) is 0. The number of aliphatic carboxylic acids is 2. The molecule has 0 aromatic heterocycles. The van der Waals surface area contributed by atoms with Crippen molar-refractivity contribution >= 4 is 29.3 Å². The largest absolute Gasteiger partial charge is 0.481 e. The van der Waals surface area contributed by atoms with Gasteiger partial charge < -0.3 is 25.2 Å². The van der Waals surface area contributed by atoms with Gasteiger partial charge in [-0.1, -0.05) is 29.8 Å². The zero-order valence-electron chi connectivity index (χ0n) is 14.5. The number of carboxylic acid groups (broad SMARTS) is 2. The third-order valence-corrected chi connectivity index (χ3v) is 4.56. The molecule has 1 aromatic carbocycles. The van der Waals surface area contributed by atoms with Crippen LogP contribution in [-0.2, 0) is 14.3 Å². The monoisotopic (exact) mass is 397 g/mol. The van der Waals surface area contributed by atoms with Gasteiger partial charge in [-0.3, -0.25) is 9.79 Å². The predicted octanol–water partition coefficient (Wildman–Crippen LogP) is 1.31. The van der Waals surface area contributed by atoms with Crippen molar-refractivity contribution in [2.75, 3.05) is 19.8 Å². The van der Waals surface area contributed by atoms with Crippen molar-refractivity contribution < 1.29 is 34.8 Å². The number of aliphatic hydroxyl groups excluding tert-OH is 2. The maximum absolute atomic E-state index is 12.0. The van der Waals surface area contributed by atoms with Crippen LogP contribution in [0.25, 0.3) is 0 Å². The zero-order valence-corrected chi connectivity index (χ0v) is 15.3. The third-order valence-electron chi connectivity index (χ3n) is 4.21. The molecule has 3 atom stereocenters. The minimum atomic E-state index is -1.33. The molecule has 8 nitrogen and oxygen atoms in total. The second-order valence-corrected chi connectivity index (χ2v) is 6.49. The number of aliphatic hydroxyl groups is 2. The van der Waals surface area contributed by atoms with E-state index in [-0.39, 0.29) is 35.2 Å². The molecule has 27 heavy (non-hydrogen) atoms. The quantitative estimate of drug-likeness (QED) is 0.519. The first-order valence-electron chi connectivity index (χ1n) is 8.13. The molecule has 0 saturated heterocycles. The van der Waals surface area contributed by atoms with Crippen LogP contribution in [0.4, 0.5) is 0 Å². The van der Waals surface area contributed by atoms with E-state index in [0.29, 0.717) is 5.56 Å². The molecular weight excluding hydrogens is 378 g/mol. The van der Waals surface area contributed by atoms with Crippen molar-refractivity contribution in [2.45, 2.75) is 18.9 Å². The van der Waals surface area contributed by atoms with Gasteiger partial charge in [-0.2, -0.15) is 0 Å². The number of hydrogen-bond acceptors (Lipinski definition) is 6. The normalized spacial score (nSPS) is 21.0. The van der Waals surface area contributed by atoms with Crippen LogP contribution in [0.5, 0.6) is 0 Å². The van der Waals surface area contributed by atoms with Gasteiger partial charge in [0.25, 0.3) is 0 Å². The number of ether oxygens (including phenoxy) is 1. The van der Waals surface area contributed by atoms with Crippen LogP contribution in [0.3, 0.4) is 0 Å². The second-order valence-electron chi connectivity index (χ2n) is 6.09. The average molecular weight is 398 g/mol. The molecule has 0 amide bonds. The van der Waals surface area contributed by atoms with E-state index >= 15 is 0 Å². The highest BCUT2D eigenvalue weighted by atomic mass is 35.5. The SMILES string of the molecule is CC1=NC(COCC(O)CO)=C(C(=O)O)C(c2ccccc2Cl)C1C(=O)O. The Labute approximate surface area is 160 Å². The highest BCUT2D eigenvalue weighted by Crippen LogP contribution is 2.41. The second kappa shape index (κ2) is 9.09. The highest BCUT2D eigenvalue weighted by molar-refractivity contribution is 6.31. The van der Waals surface area contributed by atoms with E-state index in [9.17, 15) is 24.9 Å². The van der Waals surface area contributed by atoms with Crippen LogP contribution in [0.1, 0.15) is 18.4 Å². The van der Waals surface area contributed by atoms with Gasteiger partial charge in [0, 0.05) is 16.7 Å². The molecule has 4 N–H and O–H groups in total. The number of aliphatic imine (C=N–C) groups is 1. The molecule has 0 saturated carbocycles. The molecular formula is C18H20ClNO7. The lowest BCUT2D eigenvalue weighted by Crippen LogP contribution is -2.36. The summed E-state index contributed by atoms with van der Waals surface area (Å²) in [4.78, 5) is 28.0. The fraction of sp³-hybridized carbons (Fsp3) is 0.389. The third kappa shape index (κ3) is 4.72. The van der Waals surface area contributed by atoms with Crippen molar-refractivity contribution in [3.63, 3.8) is 0 Å². The van der Waals surface area contributed by atoms with E-state index in [4.69, 9.17) is 21.4 Å². The molecule has 0 radical (unpaired) electrons. The number of nitrogens with zero attached hydrogens (tertiary/aromatic N) is 1. The molecule has 0 fully saturated rings. The summed E-state index contributed by atoms with van der Waals surface area (Å²) in [5.41, 5.74) is 0.414. The summed E-state index contributed by atoms with van der Waals surface area (Å²) >= 11 is 6.22. The lowest BCUT2D eigenvalue weighted by atomic mass is 9.75. The maximum Gasteiger partial charge on any atom is 0.334 e. The van der Waals surface area contributed by atoms with Crippen LogP contribution in [0, 0.1) is 5.92 Å². The topological polar surface area (TPSA) is 137 Å². The highest BCUT2D eigenvalue weighted by Gasteiger charge is 2.42. The molecule has 0 spiro atoms. The van der Waals surface area contributed by atoms with Crippen LogP contribution < -0.4 is 0 Å². The van der Waals surface area contributed by atoms with E-state index in [2.05, 4.69) is 4.99 Å². The number of carboxylic acids is 2. The van der Waals surface area contributed by atoms with Crippen molar-refractivity contribution in [1.82, 2.24) is 0 Å². The minimum Gasteiger partial charge on any atom is -0.481 e. The Hall–Kier alpha value is -2.26. The molecule has 1 heterocycles. The number of benzene rings is 1. The number of hydrogen-bond donors (Lipinski definition) is 4. The van der Waals surface area contributed by atoms with Gasteiger partial charge in [0.1, 0.15) is 12.0 Å². The van der Waals surface area contributed by atoms with E-state index in [0.717, 1.165) is 0 Å². The Balaban J connectivity index is 2.53. The average Bonchev–Trinajstić information content (AvgIpc) is 2.60. The van der Waals surface area contributed by atoms with Crippen LogP contribution in [0.15, 0.2) is 40.5 Å². The first-order chi connectivity index (χ1) is 12.8. The Morgan fingerprint density at radius 3 is 2.52 bits per heavy atom. The van der Waals surface area contributed by atoms with Gasteiger partial charge in [-0.05, 0) is 18.6 Å². The fourth-order valence-electron chi connectivity index (χ4n) is 3.02. The number of halogens is 1. The smallest absolute Gasteiger partial charge is 0.334 e. The van der Waals surface area contributed by atoms with E-state index in [1.54, 1.807) is 24.3 Å². The van der Waals surface area contributed by atoms with E-state index < -0.39 is 36.5 Å². The lowest BCUT2D eigenvalue weighted by molar-refractivity contribution is -0.140. The molecule has 2 rings (SSSR count). The number of rotatable bonds is 8. The van der Waals surface area contributed by atoms with Crippen LogP contribution in [-0.4, -0.2) is 64.0 Å². The van der Waals surface area contributed by atoms with Gasteiger partial charge in [0.05, 0.1) is 31.1 Å². The fourth-order valence-corrected chi connectivity index (χ4v) is 3.28. The Kier molecular flexibility index (Phi) is 7.09. The Bertz CT molecular complexity index is 790. The predicted molar refractivity (Wildman–Crippen MR) is 97.0 cm³/mol. The molecule has 146 valence electrons. The molecule has 0 bridgehead atoms. The van der Waals surface area contributed by atoms with Gasteiger partial charge in [0.15, 0.2) is 0 Å². The number of carbonyl (C=O) groups is 2. The zero-order chi connectivity index (χ0) is 20.1. The van der Waals surface area contributed by atoms with Gasteiger partial charge in [-0.25, -0.2) is 4.79 Å². The Morgan fingerprint density at radius 2 is 1.96 bits per heavy atom. The van der Waals surface area contributed by atoms with Gasteiger partial charge >= 0.3 is 11.9 Å². The summed E-state index contributed by atoms with van der Waals surface area (Å²) in [6, 6.07) is 6.45. The summed E-state index contributed by atoms with van der Waals surface area (Å²) in [5.74, 6) is -4.78. The minimum absolute atomic E-state index is 0.0487. The van der Waals surface area contributed by atoms with Gasteiger partial charge in [0.2, 0.25) is 0 Å². The molecule has 9 heteroatoms. The molecule has 1 aliphatic heterocycles. The summed E-state index contributed by atoms with van der Waals surface area (Å²) in [6.07, 6.45) is -1.11. The molecule has 1 aromatic rings. The first kappa shape index (κ1) is 21.0. The van der Waals surface area contributed by atoms with Crippen molar-refractivity contribution in [1.29, 1.82) is 0 Å². The summed E-state index contributed by atoms with van der Waals surface area (Å²) in [5, 5.41) is 37.9. The maximum atomic E-state index is 12.0. The summed E-state index contributed by atoms with van der Waals surface area (Å²) in [6.45, 7) is 0.518. The molecule has 0 aliphatic carbocycles. The van der Waals surface area contributed by atoms with Gasteiger partial charge in [-0.15, -0.1) is 0 Å². The molecule has 3 unspecified atom stereocenters. The van der Waals surface area contributed by atoms with Crippen molar-refractivity contribution in [3.8, 4) is 0 Å². The van der Waals surface area contributed by atoms with E-state index in [1.165, 1.54) is 6.92 Å². The first-order valence-corrected chi connectivity index (χ1v) is 8.51. The van der Waals surface area contributed by atoms with Crippen molar-refractivity contribution in [2.24, 2.45) is 10.9 Å². The lowest BCUT2D eigenvalue weighted by Gasteiger charge is -2.31. The van der Waals surface area contributed by atoms with Crippen LogP contribution in [0.2, 0.25) is 5.02 Å².